The maximum Gasteiger partial charge on any atom is 0.308 e. The molecule has 0 unspecified atom stereocenters. The van der Waals surface area contributed by atoms with E-state index in [0.29, 0.717) is 32.8 Å². The van der Waals surface area contributed by atoms with Gasteiger partial charge in [0.2, 0.25) is 0 Å². The number of ether oxygens (including phenoxy) is 1. The van der Waals surface area contributed by atoms with E-state index in [9.17, 15) is 8.42 Å². The molecule has 1 aliphatic heterocycles. The molecular formula is C24H24N4O3S. The Hall–Kier alpha value is -3.36. The van der Waals surface area contributed by atoms with Gasteiger partial charge < -0.3 is 9.64 Å². The third kappa shape index (κ3) is 4.19. The van der Waals surface area contributed by atoms with Crippen LogP contribution in [0.1, 0.15) is 5.56 Å². The van der Waals surface area contributed by atoms with Crippen molar-refractivity contribution in [2.24, 2.45) is 0 Å². The fourth-order valence-electron chi connectivity index (χ4n) is 3.94. The monoisotopic (exact) mass is 448 g/mol. The highest BCUT2D eigenvalue weighted by Gasteiger charge is 2.28. The molecule has 1 aromatic heterocycles. The molecule has 1 fully saturated rings. The zero-order chi connectivity index (χ0) is 22.0. The van der Waals surface area contributed by atoms with Crippen LogP contribution >= 0.6 is 0 Å². The number of anilines is 1. The summed E-state index contributed by atoms with van der Waals surface area (Å²) >= 11 is 0. The Kier molecular flexibility index (Phi) is 5.55. The average molecular weight is 449 g/mol. The van der Waals surface area contributed by atoms with Crippen LogP contribution in [-0.2, 0) is 16.8 Å². The second-order valence-corrected chi connectivity index (χ2v) is 9.58. The topological polar surface area (TPSA) is 67.7 Å². The smallest absolute Gasteiger partial charge is 0.308 e. The van der Waals surface area contributed by atoms with Crippen molar-refractivity contribution in [2.45, 2.75) is 6.61 Å². The first-order valence-corrected chi connectivity index (χ1v) is 11.9. The van der Waals surface area contributed by atoms with Crippen molar-refractivity contribution in [1.82, 2.24) is 13.3 Å². The summed E-state index contributed by atoms with van der Waals surface area (Å²) in [5.74, 6) is 0.809. The van der Waals surface area contributed by atoms with Crippen LogP contribution < -0.4 is 9.64 Å². The van der Waals surface area contributed by atoms with Crippen LogP contribution in [0.4, 0.5) is 5.69 Å². The third-order valence-corrected chi connectivity index (χ3v) is 7.50. The standard InChI is InChI=1S/C24H24N4O3S/c29-32(30,28-12-11-25-19-28)27-15-13-26(14-16-27)23-7-9-24(10-8-23)31-18-20-5-6-21-3-1-2-4-22(21)17-20/h1-12,17,19H,13-16,18H2. The molecule has 1 aliphatic rings. The molecule has 0 N–H and O–H groups in total. The number of benzene rings is 3. The molecule has 0 atom stereocenters. The van der Waals surface area contributed by atoms with Gasteiger partial charge in [-0.15, -0.1) is 0 Å². The summed E-state index contributed by atoms with van der Waals surface area (Å²) in [7, 11) is -3.54. The Morgan fingerprint density at radius 1 is 0.875 bits per heavy atom. The summed E-state index contributed by atoms with van der Waals surface area (Å²) in [6.45, 7) is 2.63. The van der Waals surface area contributed by atoms with Gasteiger partial charge >= 0.3 is 10.2 Å². The first kappa shape index (κ1) is 20.5. The molecule has 5 rings (SSSR count). The molecular weight excluding hydrogens is 424 g/mol. The molecule has 7 nitrogen and oxygen atoms in total. The number of hydrogen-bond acceptors (Lipinski definition) is 5. The van der Waals surface area contributed by atoms with E-state index in [1.165, 1.54) is 33.8 Å². The molecule has 4 aromatic rings. The number of aromatic nitrogens is 2. The Morgan fingerprint density at radius 2 is 1.62 bits per heavy atom. The Bertz CT molecular complexity index is 1300. The second-order valence-electron chi connectivity index (χ2n) is 7.75. The van der Waals surface area contributed by atoms with Gasteiger partial charge in [-0.3, -0.25) is 0 Å². The molecule has 0 aliphatic carbocycles. The summed E-state index contributed by atoms with van der Waals surface area (Å²) < 4.78 is 33.8. The molecule has 32 heavy (non-hydrogen) atoms. The lowest BCUT2D eigenvalue weighted by Crippen LogP contribution is -2.50. The molecule has 0 radical (unpaired) electrons. The van der Waals surface area contributed by atoms with Crippen molar-refractivity contribution in [3.05, 3.63) is 91.0 Å². The van der Waals surface area contributed by atoms with Gasteiger partial charge in [0.05, 0.1) is 0 Å². The third-order valence-electron chi connectivity index (χ3n) is 5.73. The van der Waals surface area contributed by atoms with Gasteiger partial charge in [-0.25, -0.2) is 8.96 Å². The molecule has 2 heterocycles. The second kappa shape index (κ2) is 8.64. The molecule has 0 saturated carbocycles. The van der Waals surface area contributed by atoms with Crippen molar-refractivity contribution in [3.63, 3.8) is 0 Å². The minimum absolute atomic E-state index is 0.431. The Morgan fingerprint density at radius 3 is 2.34 bits per heavy atom. The summed E-state index contributed by atoms with van der Waals surface area (Å²) in [4.78, 5) is 6.02. The van der Waals surface area contributed by atoms with Crippen LogP contribution in [0.25, 0.3) is 10.8 Å². The molecule has 0 spiro atoms. The van der Waals surface area contributed by atoms with Crippen molar-refractivity contribution < 1.29 is 13.2 Å². The SMILES string of the molecule is O=S(=O)(N1CCN(c2ccc(OCc3ccc4ccccc4c3)cc2)CC1)n1ccnc1. The summed E-state index contributed by atoms with van der Waals surface area (Å²) in [5.41, 5.74) is 2.19. The van der Waals surface area contributed by atoms with Crippen LogP contribution in [-0.4, -0.2) is 47.9 Å². The van der Waals surface area contributed by atoms with E-state index < -0.39 is 10.2 Å². The fourth-order valence-corrected chi connectivity index (χ4v) is 5.22. The predicted molar refractivity (Wildman–Crippen MR) is 125 cm³/mol. The number of rotatable bonds is 6. The van der Waals surface area contributed by atoms with Gasteiger partial charge in [-0.05, 0) is 46.7 Å². The molecule has 3 aromatic carbocycles. The van der Waals surface area contributed by atoms with Crippen LogP contribution in [0.2, 0.25) is 0 Å². The maximum absolute atomic E-state index is 12.6. The summed E-state index contributed by atoms with van der Waals surface area (Å²) in [6, 6.07) is 22.6. The van der Waals surface area contributed by atoms with Crippen LogP contribution in [0.3, 0.4) is 0 Å². The van der Waals surface area contributed by atoms with Crippen LogP contribution in [0.5, 0.6) is 5.75 Å². The first-order chi connectivity index (χ1) is 15.6. The molecule has 0 bridgehead atoms. The van der Waals surface area contributed by atoms with Gasteiger partial charge in [0.1, 0.15) is 18.7 Å². The Balaban J connectivity index is 1.18. The lowest BCUT2D eigenvalue weighted by atomic mass is 10.1. The zero-order valence-electron chi connectivity index (χ0n) is 17.5. The van der Waals surface area contributed by atoms with Crippen LogP contribution in [0, 0.1) is 0 Å². The van der Waals surface area contributed by atoms with E-state index in [1.807, 2.05) is 36.4 Å². The fraction of sp³-hybridized carbons (Fsp3) is 0.208. The van der Waals surface area contributed by atoms with Crippen LogP contribution in [0.15, 0.2) is 85.5 Å². The highest BCUT2D eigenvalue weighted by molar-refractivity contribution is 7.87. The average Bonchev–Trinajstić information content (AvgIpc) is 3.39. The Labute approximate surface area is 187 Å². The minimum Gasteiger partial charge on any atom is -0.489 e. The van der Waals surface area contributed by atoms with E-state index in [4.69, 9.17) is 4.74 Å². The summed E-state index contributed by atoms with van der Waals surface area (Å²) in [5, 5.41) is 2.43. The largest absolute Gasteiger partial charge is 0.489 e. The van der Waals surface area contributed by atoms with Crippen molar-refractivity contribution in [2.75, 3.05) is 31.1 Å². The lowest BCUT2D eigenvalue weighted by Gasteiger charge is -2.35. The molecule has 8 heteroatoms. The molecule has 0 amide bonds. The number of imidazole rings is 1. The molecule has 164 valence electrons. The number of fused-ring (bicyclic) bond motifs is 1. The van der Waals surface area contributed by atoms with E-state index >= 15 is 0 Å². The van der Waals surface area contributed by atoms with Gasteiger partial charge in [0.15, 0.2) is 0 Å². The predicted octanol–water partition coefficient (Wildman–Crippen LogP) is 3.53. The number of nitrogens with zero attached hydrogens (tertiary/aromatic N) is 4. The minimum atomic E-state index is -3.54. The van der Waals surface area contributed by atoms with Gasteiger partial charge in [0.25, 0.3) is 0 Å². The number of piperazine rings is 1. The molecule has 1 saturated heterocycles. The first-order valence-electron chi connectivity index (χ1n) is 10.5. The van der Waals surface area contributed by atoms with E-state index in [1.54, 1.807) is 0 Å². The maximum atomic E-state index is 12.6. The number of hydrogen-bond donors (Lipinski definition) is 0. The zero-order valence-corrected chi connectivity index (χ0v) is 18.4. The van der Waals surface area contributed by atoms with Gasteiger partial charge in [0, 0.05) is 44.3 Å². The van der Waals surface area contributed by atoms with Crippen molar-refractivity contribution >= 4 is 26.7 Å². The van der Waals surface area contributed by atoms with Crippen molar-refractivity contribution in [3.8, 4) is 5.75 Å². The highest BCUT2D eigenvalue weighted by atomic mass is 32.2. The highest BCUT2D eigenvalue weighted by Crippen LogP contribution is 2.23. The quantitative estimate of drug-likeness (QED) is 0.451. The van der Waals surface area contributed by atoms with Gasteiger partial charge in [-0.2, -0.15) is 12.7 Å². The van der Waals surface area contributed by atoms with Gasteiger partial charge in [-0.1, -0.05) is 36.4 Å². The lowest BCUT2D eigenvalue weighted by molar-refractivity contribution is 0.306. The normalized spacial score (nSPS) is 15.2. The van der Waals surface area contributed by atoms with Crippen molar-refractivity contribution in [1.29, 1.82) is 0 Å². The van der Waals surface area contributed by atoms with E-state index in [0.717, 1.165) is 21.0 Å². The van der Waals surface area contributed by atoms with E-state index in [2.05, 4.69) is 40.2 Å². The summed E-state index contributed by atoms with van der Waals surface area (Å²) in [6.07, 6.45) is 4.24. The van der Waals surface area contributed by atoms with E-state index in [-0.39, 0.29) is 0 Å².